The molecule has 0 N–H and O–H groups in total. The molecule has 0 aliphatic rings. The van der Waals surface area contributed by atoms with E-state index in [4.69, 9.17) is 5.26 Å². The molecule has 0 aromatic heterocycles. The molecule has 0 heterocycles. The molecule has 0 aliphatic carbocycles. The van der Waals surface area contributed by atoms with E-state index in [0.717, 1.165) is 0 Å². The van der Waals surface area contributed by atoms with Gasteiger partial charge in [-0.15, -0.1) is 0 Å². The number of hydrogen-bond acceptors (Lipinski definition) is 1. The molecule has 0 atom stereocenters. The Balaban J connectivity index is 3.05. The standard InChI is InChI=1S/C9H6FN/c10-6-9(7-11)8-4-2-1-3-5-8/h1-6H/b9-6+. The Morgan fingerprint density at radius 3 is 2.45 bits per heavy atom. The number of halogens is 1. The lowest BCUT2D eigenvalue weighted by molar-refractivity contribution is 0.725. The summed E-state index contributed by atoms with van der Waals surface area (Å²) in [6.07, 6.45) is 0.315. The monoisotopic (exact) mass is 147 g/mol. The maximum Gasteiger partial charge on any atom is 0.105 e. The lowest BCUT2D eigenvalue weighted by Gasteiger charge is -1.93. The second kappa shape index (κ2) is 3.52. The van der Waals surface area contributed by atoms with Crippen LogP contribution in [0.15, 0.2) is 36.7 Å². The number of benzene rings is 1. The highest BCUT2D eigenvalue weighted by Gasteiger charge is 1.96. The third kappa shape index (κ3) is 1.65. The molecule has 0 amide bonds. The van der Waals surface area contributed by atoms with Gasteiger partial charge in [0.25, 0.3) is 0 Å². The fraction of sp³-hybridized carbons (Fsp3) is 0. The maximum absolute atomic E-state index is 12.0. The number of nitrogens with zero attached hydrogens (tertiary/aromatic N) is 1. The first-order valence-corrected chi connectivity index (χ1v) is 3.14. The molecule has 0 saturated carbocycles. The molecular formula is C9H6FN. The zero-order valence-electron chi connectivity index (χ0n) is 5.79. The molecule has 1 aromatic carbocycles. The van der Waals surface area contributed by atoms with Crippen LogP contribution in [0.3, 0.4) is 0 Å². The Kier molecular flexibility index (Phi) is 2.40. The summed E-state index contributed by atoms with van der Waals surface area (Å²) < 4.78 is 12.0. The van der Waals surface area contributed by atoms with Crippen LogP contribution in [0.2, 0.25) is 0 Å². The SMILES string of the molecule is N#C/C(=C\F)c1ccccc1. The molecular weight excluding hydrogens is 141 g/mol. The molecule has 0 bridgehead atoms. The summed E-state index contributed by atoms with van der Waals surface area (Å²) in [6.45, 7) is 0. The summed E-state index contributed by atoms with van der Waals surface area (Å²) in [6, 6.07) is 10.5. The Labute approximate surface area is 64.4 Å². The molecule has 1 nitrogen and oxygen atoms in total. The minimum atomic E-state index is 0.0607. The molecule has 0 unspecified atom stereocenters. The highest BCUT2D eigenvalue weighted by atomic mass is 19.1. The summed E-state index contributed by atoms with van der Waals surface area (Å²) in [5.74, 6) is 0. The first kappa shape index (κ1) is 7.49. The molecule has 0 aliphatic heterocycles. The van der Waals surface area contributed by atoms with Gasteiger partial charge in [0.2, 0.25) is 0 Å². The van der Waals surface area contributed by atoms with Crippen LogP contribution in [0.4, 0.5) is 4.39 Å². The Bertz CT molecular complexity index is 295. The number of hydrogen-bond donors (Lipinski definition) is 0. The highest BCUT2D eigenvalue weighted by molar-refractivity contribution is 5.75. The molecule has 2 heteroatoms. The van der Waals surface area contributed by atoms with Gasteiger partial charge in [0.15, 0.2) is 0 Å². The summed E-state index contributed by atoms with van der Waals surface area (Å²) in [4.78, 5) is 0. The lowest BCUT2D eigenvalue weighted by Crippen LogP contribution is -1.77. The van der Waals surface area contributed by atoms with E-state index in [1.54, 1.807) is 30.3 Å². The van der Waals surface area contributed by atoms with Gasteiger partial charge < -0.3 is 0 Å². The highest BCUT2D eigenvalue weighted by Crippen LogP contribution is 2.11. The average Bonchev–Trinajstić information content (AvgIpc) is 2.09. The van der Waals surface area contributed by atoms with E-state index in [1.165, 1.54) is 0 Å². The first-order chi connectivity index (χ1) is 5.38. The minimum Gasteiger partial charge on any atom is -0.214 e. The third-order valence-corrected chi connectivity index (χ3v) is 1.31. The van der Waals surface area contributed by atoms with Crippen molar-refractivity contribution >= 4 is 5.57 Å². The summed E-state index contributed by atoms with van der Waals surface area (Å²) in [7, 11) is 0. The first-order valence-electron chi connectivity index (χ1n) is 3.14. The van der Waals surface area contributed by atoms with E-state index in [9.17, 15) is 4.39 Å². The van der Waals surface area contributed by atoms with Crippen LogP contribution in [-0.2, 0) is 0 Å². The Hall–Kier alpha value is -1.62. The largest absolute Gasteiger partial charge is 0.214 e. The van der Waals surface area contributed by atoms with E-state index in [0.29, 0.717) is 11.9 Å². The van der Waals surface area contributed by atoms with Crippen molar-refractivity contribution in [2.75, 3.05) is 0 Å². The lowest BCUT2D eigenvalue weighted by atomic mass is 10.1. The quantitative estimate of drug-likeness (QED) is 0.560. The van der Waals surface area contributed by atoms with Gasteiger partial charge in [-0.3, -0.25) is 0 Å². The van der Waals surface area contributed by atoms with Gasteiger partial charge >= 0.3 is 0 Å². The van der Waals surface area contributed by atoms with Crippen molar-refractivity contribution in [1.82, 2.24) is 0 Å². The van der Waals surface area contributed by atoms with Crippen LogP contribution < -0.4 is 0 Å². The van der Waals surface area contributed by atoms with Gasteiger partial charge in [-0.2, -0.15) is 5.26 Å². The molecule has 0 saturated heterocycles. The third-order valence-electron chi connectivity index (χ3n) is 1.31. The predicted octanol–water partition coefficient (Wildman–Crippen LogP) is 2.52. The normalized spacial score (nSPS) is 10.7. The van der Waals surface area contributed by atoms with Crippen molar-refractivity contribution in [2.24, 2.45) is 0 Å². The fourth-order valence-electron chi connectivity index (χ4n) is 0.770. The Morgan fingerprint density at radius 1 is 1.36 bits per heavy atom. The maximum atomic E-state index is 12.0. The van der Waals surface area contributed by atoms with Crippen molar-refractivity contribution < 1.29 is 4.39 Å². The van der Waals surface area contributed by atoms with Gasteiger partial charge in [-0.1, -0.05) is 30.3 Å². The molecule has 1 rings (SSSR count). The predicted molar refractivity (Wildman–Crippen MR) is 41.1 cm³/mol. The molecule has 0 radical (unpaired) electrons. The molecule has 0 fully saturated rings. The molecule has 11 heavy (non-hydrogen) atoms. The van der Waals surface area contributed by atoms with Gasteiger partial charge in [-0.05, 0) is 5.56 Å². The van der Waals surface area contributed by atoms with E-state index in [1.807, 2.05) is 6.07 Å². The van der Waals surface area contributed by atoms with Gasteiger partial charge in [-0.25, -0.2) is 4.39 Å². The molecule has 0 spiro atoms. The van der Waals surface area contributed by atoms with Crippen LogP contribution in [0.1, 0.15) is 5.56 Å². The van der Waals surface area contributed by atoms with E-state index in [-0.39, 0.29) is 5.57 Å². The number of rotatable bonds is 1. The van der Waals surface area contributed by atoms with Crippen molar-refractivity contribution in [3.63, 3.8) is 0 Å². The molecule has 54 valence electrons. The average molecular weight is 147 g/mol. The summed E-state index contributed by atoms with van der Waals surface area (Å²) in [5.41, 5.74) is 0.670. The van der Waals surface area contributed by atoms with Crippen LogP contribution in [-0.4, -0.2) is 0 Å². The van der Waals surface area contributed by atoms with Crippen LogP contribution in [0, 0.1) is 11.3 Å². The second-order valence-corrected chi connectivity index (χ2v) is 2.00. The minimum absolute atomic E-state index is 0.0607. The van der Waals surface area contributed by atoms with E-state index >= 15 is 0 Å². The van der Waals surface area contributed by atoms with Crippen LogP contribution >= 0.6 is 0 Å². The zero-order chi connectivity index (χ0) is 8.10. The van der Waals surface area contributed by atoms with E-state index < -0.39 is 0 Å². The van der Waals surface area contributed by atoms with Gasteiger partial charge in [0.05, 0.1) is 5.57 Å². The summed E-state index contributed by atoms with van der Waals surface area (Å²) >= 11 is 0. The van der Waals surface area contributed by atoms with Crippen molar-refractivity contribution in [2.45, 2.75) is 0 Å². The topological polar surface area (TPSA) is 23.8 Å². The van der Waals surface area contributed by atoms with Crippen molar-refractivity contribution in [3.05, 3.63) is 42.2 Å². The number of nitriles is 1. The van der Waals surface area contributed by atoms with Crippen LogP contribution in [0.5, 0.6) is 0 Å². The van der Waals surface area contributed by atoms with E-state index in [2.05, 4.69) is 0 Å². The fourth-order valence-corrected chi connectivity index (χ4v) is 0.770. The van der Waals surface area contributed by atoms with Crippen molar-refractivity contribution in [1.29, 1.82) is 5.26 Å². The number of allylic oxidation sites excluding steroid dienone is 1. The van der Waals surface area contributed by atoms with Gasteiger partial charge in [0, 0.05) is 0 Å². The summed E-state index contributed by atoms with van der Waals surface area (Å²) in [5, 5.41) is 8.42. The zero-order valence-corrected chi connectivity index (χ0v) is 5.79. The Morgan fingerprint density at radius 2 is 2.00 bits per heavy atom. The van der Waals surface area contributed by atoms with Gasteiger partial charge in [0.1, 0.15) is 12.4 Å². The molecule has 1 aromatic rings. The smallest absolute Gasteiger partial charge is 0.105 e. The second-order valence-electron chi connectivity index (χ2n) is 2.00. The van der Waals surface area contributed by atoms with Crippen molar-refractivity contribution in [3.8, 4) is 6.07 Å². The van der Waals surface area contributed by atoms with Crippen LogP contribution in [0.25, 0.3) is 5.57 Å².